The molecule has 1 aromatic rings. The zero-order valence-electron chi connectivity index (χ0n) is 14.8. The van der Waals surface area contributed by atoms with Gasteiger partial charge in [0.25, 0.3) is 5.56 Å². The van der Waals surface area contributed by atoms with Crippen LogP contribution in [0.15, 0.2) is 17.1 Å². The molecular formula is C14H20N3O8PS. The fourth-order valence-corrected chi connectivity index (χ4v) is 5.06. The number of aromatic amines is 1. The molecule has 1 aromatic heterocycles. The number of aliphatic hydroxyl groups is 1. The van der Waals surface area contributed by atoms with E-state index in [4.69, 9.17) is 26.0 Å². The Hall–Kier alpha value is -1.40. The molecule has 2 aliphatic rings. The van der Waals surface area contributed by atoms with Gasteiger partial charge in [-0.15, -0.1) is 0 Å². The minimum atomic E-state index is -3.91. The molecule has 6 atom stereocenters. The average molecular weight is 421 g/mol. The molecule has 2 unspecified atom stereocenters. The monoisotopic (exact) mass is 421 g/mol. The first-order valence-electron chi connectivity index (χ1n) is 8.05. The van der Waals surface area contributed by atoms with E-state index in [0.717, 1.165) is 0 Å². The van der Waals surface area contributed by atoms with Crippen molar-refractivity contribution in [2.75, 3.05) is 13.7 Å². The normalized spacial score (nSPS) is 36.8. The maximum Gasteiger partial charge on any atom is 0.406 e. The lowest BCUT2D eigenvalue weighted by molar-refractivity contribution is -0.142. The Morgan fingerprint density at radius 3 is 2.96 bits per heavy atom. The number of nitrogens with zero attached hydrogens (tertiary/aromatic N) is 1. The number of carbonyl (C=O) groups excluding carboxylic acids is 1. The van der Waals surface area contributed by atoms with Crippen LogP contribution < -0.4 is 10.6 Å². The van der Waals surface area contributed by atoms with E-state index < -0.39 is 49.4 Å². The molecule has 0 aromatic carbocycles. The summed E-state index contributed by atoms with van der Waals surface area (Å²) in [5.74, 6) is -0.647. The van der Waals surface area contributed by atoms with Crippen molar-refractivity contribution in [1.29, 1.82) is 0 Å². The van der Waals surface area contributed by atoms with E-state index in [9.17, 15) is 19.3 Å². The number of H-pyrrole nitrogens is 1. The van der Waals surface area contributed by atoms with Gasteiger partial charge >= 0.3 is 13.7 Å². The number of carbonyl (C=O) groups is 1. The fraction of sp³-hybridized carbons (Fsp3) is 0.643. The highest BCUT2D eigenvalue weighted by Crippen LogP contribution is 2.55. The van der Waals surface area contributed by atoms with Gasteiger partial charge in [0.15, 0.2) is 11.0 Å². The lowest BCUT2D eigenvalue weighted by Crippen LogP contribution is -2.49. The zero-order chi connectivity index (χ0) is 20.0. The summed E-state index contributed by atoms with van der Waals surface area (Å²) in [6.07, 6.45) is -1.40. The first kappa shape index (κ1) is 20.3. The van der Waals surface area contributed by atoms with E-state index in [-0.39, 0.29) is 11.4 Å². The molecule has 3 N–H and O–H groups in total. The molecule has 0 saturated carbocycles. The number of nitrogens with one attached hydrogen (secondary N) is 2. The van der Waals surface area contributed by atoms with Crippen LogP contribution >= 0.6 is 20.0 Å². The van der Waals surface area contributed by atoms with Gasteiger partial charge < -0.3 is 14.6 Å². The molecule has 13 heteroatoms. The van der Waals surface area contributed by atoms with Crippen molar-refractivity contribution in [3.63, 3.8) is 0 Å². The van der Waals surface area contributed by atoms with Gasteiger partial charge in [-0.1, -0.05) is 0 Å². The second kappa shape index (κ2) is 7.21. The van der Waals surface area contributed by atoms with Crippen molar-refractivity contribution in [2.24, 2.45) is 0 Å². The second-order valence-electron chi connectivity index (χ2n) is 6.46. The molecule has 2 aliphatic heterocycles. The van der Waals surface area contributed by atoms with Crippen LogP contribution in [-0.4, -0.2) is 58.2 Å². The van der Waals surface area contributed by atoms with Crippen LogP contribution in [0.25, 0.3) is 0 Å². The van der Waals surface area contributed by atoms with Crippen LogP contribution in [0, 0.1) is 4.77 Å². The van der Waals surface area contributed by atoms with Gasteiger partial charge in [-0.2, -0.15) is 0 Å². The van der Waals surface area contributed by atoms with Gasteiger partial charge in [-0.3, -0.25) is 28.2 Å². The lowest BCUT2D eigenvalue weighted by Gasteiger charge is -2.36. The fourth-order valence-electron chi connectivity index (χ4n) is 3.04. The number of fused-ring (bicyclic) bond motifs is 1. The third-order valence-electron chi connectivity index (χ3n) is 4.39. The molecular weight excluding hydrogens is 401 g/mol. The molecule has 0 bridgehead atoms. The largest absolute Gasteiger partial charge is 0.468 e. The summed E-state index contributed by atoms with van der Waals surface area (Å²) in [7, 11) is -2.71. The van der Waals surface area contributed by atoms with Crippen molar-refractivity contribution in [3.05, 3.63) is 27.4 Å². The second-order valence-corrected chi connectivity index (χ2v) is 8.57. The average Bonchev–Trinajstić information content (AvgIpc) is 2.84. The van der Waals surface area contributed by atoms with Gasteiger partial charge in [0.2, 0.25) is 0 Å². The Bertz CT molecular complexity index is 899. The van der Waals surface area contributed by atoms with Crippen molar-refractivity contribution >= 4 is 25.9 Å². The summed E-state index contributed by atoms with van der Waals surface area (Å²) in [5.41, 5.74) is -2.05. The third-order valence-corrected chi connectivity index (χ3v) is 6.40. The summed E-state index contributed by atoms with van der Waals surface area (Å²) in [6.45, 7) is 2.73. The van der Waals surface area contributed by atoms with E-state index >= 15 is 0 Å². The molecule has 0 radical (unpaired) electrons. The van der Waals surface area contributed by atoms with Gasteiger partial charge in [0, 0.05) is 12.3 Å². The Balaban J connectivity index is 1.84. The van der Waals surface area contributed by atoms with Crippen LogP contribution in [0.3, 0.4) is 0 Å². The van der Waals surface area contributed by atoms with Crippen LogP contribution in [0.5, 0.6) is 0 Å². The van der Waals surface area contributed by atoms with Crippen LogP contribution in [0.1, 0.15) is 20.1 Å². The minimum absolute atomic E-state index is 0.0490. The number of rotatable bonds is 4. The molecule has 0 amide bonds. The maximum atomic E-state index is 12.8. The van der Waals surface area contributed by atoms with Crippen molar-refractivity contribution in [1.82, 2.24) is 14.6 Å². The lowest BCUT2D eigenvalue weighted by atomic mass is 9.96. The number of aromatic nitrogens is 2. The topological polar surface area (TPSA) is 141 Å². The summed E-state index contributed by atoms with van der Waals surface area (Å²) in [6, 6.07) is 0.285. The number of hydrogen-bond donors (Lipinski definition) is 3. The summed E-state index contributed by atoms with van der Waals surface area (Å²) in [4.78, 5) is 25.4. The number of ether oxygens (including phenoxy) is 2. The summed E-state index contributed by atoms with van der Waals surface area (Å²) in [5, 5.41) is 13.5. The number of hydrogen-bond acceptors (Lipinski definition) is 9. The quantitative estimate of drug-likeness (QED) is 0.351. The highest BCUT2D eigenvalue weighted by Gasteiger charge is 2.59. The van der Waals surface area contributed by atoms with E-state index in [1.54, 1.807) is 0 Å². The van der Waals surface area contributed by atoms with Crippen molar-refractivity contribution < 1.29 is 33.0 Å². The van der Waals surface area contributed by atoms with Crippen LogP contribution in [0.4, 0.5) is 0 Å². The van der Waals surface area contributed by atoms with E-state index in [1.165, 1.54) is 37.8 Å². The third kappa shape index (κ3) is 3.79. The molecule has 3 heterocycles. The standard InChI is InChI=1S/C14H20N3O8PS/c1-7(11(19)22-3)16-26(21)23-6-8-10(25-26)14(2,20)12(24-8)17-5-4-9(18)15-13(17)27/h4-5,7-8,10,12,20H,6H2,1-3H3,(H,16,21)(H,15,18,27)/t7-,8+,10?,12+,14+,26?/m0/s1. The maximum absolute atomic E-state index is 12.8. The van der Waals surface area contributed by atoms with E-state index in [1.807, 2.05) is 0 Å². The number of esters is 1. The first-order valence-corrected chi connectivity index (χ1v) is 10.0. The van der Waals surface area contributed by atoms with Gasteiger partial charge in [-0.25, -0.2) is 9.65 Å². The summed E-state index contributed by atoms with van der Waals surface area (Å²) < 4.78 is 35.4. The van der Waals surface area contributed by atoms with Crippen LogP contribution in [0.2, 0.25) is 0 Å². The zero-order valence-corrected chi connectivity index (χ0v) is 16.5. The molecule has 2 saturated heterocycles. The SMILES string of the molecule is COC(=O)[C@H](C)NP1(=O)OC[C@H]2O[C@@H](n3ccc(=O)[nH]c3=S)[C@](C)(O)C2O1. The highest BCUT2D eigenvalue weighted by atomic mass is 32.1. The predicted molar refractivity (Wildman–Crippen MR) is 93.5 cm³/mol. The molecule has 2 fully saturated rings. The molecule has 27 heavy (non-hydrogen) atoms. The molecule has 0 aliphatic carbocycles. The van der Waals surface area contributed by atoms with Crippen molar-refractivity contribution in [2.45, 2.75) is 43.9 Å². The Morgan fingerprint density at radius 1 is 1.63 bits per heavy atom. The van der Waals surface area contributed by atoms with Gasteiger partial charge in [0.05, 0.1) is 13.7 Å². The Morgan fingerprint density at radius 2 is 2.33 bits per heavy atom. The van der Waals surface area contributed by atoms with Gasteiger partial charge in [-0.05, 0) is 26.1 Å². The van der Waals surface area contributed by atoms with E-state index in [0.29, 0.717) is 0 Å². The predicted octanol–water partition coefficient (Wildman–Crippen LogP) is 0.229. The number of methoxy groups -OCH3 is 1. The Labute approximate surface area is 159 Å². The molecule has 0 spiro atoms. The smallest absolute Gasteiger partial charge is 0.406 e. The summed E-state index contributed by atoms with van der Waals surface area (Å²) >= 11 is 5.11. The molecule has 11 nitrogen and oxygen atoms in total. The van der Waals surface area contributed by atoms with Gasteiger partial charge in [0.1, 0.15) is 23.9 Å². The van der Waals surface area contributed by atoms with E-state index in [2.05, 4.69) is 14.8 Å². The minimum Gasteiger partial charge on any atom is -0.468 e. The van der Waals surface area contributed by atoms with Crippen molar-refractivity contribution in [3.8, 4) is 0 Å². The van der Waals surface area contributed by atoms with Crippen LogP contribution in [-0.2, 0) is 27.9 Å². The molecule has 150 valence electrons. The molecule has 3 rings (SSSR count). The highest BCUT2D eigenvalue weighted by molar-refractivity contribution is 7.71. The Kier molecular flexibility index (Phi) is 5.43. The first-order chi connectivity index (χ1) is 12.6.